The number of rotatable bonds is 4. The maximum Gasteiger partial charge on any atom is 0.191 e. The van der Waals surface area contributed by atoms with Crippen LogP contribution >= 0.6 is 0 Å². The molecule has 104 valence electrons. The predicted octanol–water partition coefficient (Wildman–Crippen LogP) is 2.00. The molecule has 4 heteroatoms. The van der Waals surface area contributed by atoms with E-state index in [9.17, 15) is 4.79 Å². The molecule has 2 N–H and O–H groups in total. The van der Waals surface area contributed by atoms with E-state index in [1.54, 1.807) is 7.11 Å². The molecule has 0 aromatic heterocycles. The molecule has 0 bridgehead atoms. The van der Waals surface area contributed by atoms with Crippen LogP contribution in [-0.4, -0.2) is 31.6 Å². The summed E-state index contributed by atoms with van der Waals surface area (Å²) >= 11 is 0. The molecule has 1 aromatic rings. The summed E-state index contributed by atoms with van der Waals surface area (Å²) in [5.41, 5.74) is 8.18. The Labute approximate surface area is 113 Å². The van der Waals surface area contributed by atoms with E-state index in [1.807, 2.05) is 26.0 Å². The van der Waals surface area contributed by atoms with Crippen molar-refractivity contribution in [3.8, 4) is 5.75 Å². The number of benzene rings is 1. The van der Waals surface area contributed by atoms with Crippen molar-refractivity contribution in [3.05, 3.63) is 28.8 Å². The number of hydrogen-bond acceptors (Lipinski definition) is 4. The fraction of sp³-hybridized carbons (Fsp3) is 0.533. The molecule has 2 rings (SSSR count). The van der Waals surface area contributed by atoms with Crippen LogP contribution in [0.4, 0.5) is 0 Å². The maximum atomic E-state index is 12.5. The Bertz CT molecular complexity index is 485. The van der Waals surface area contributed by atoms with Crippen LogP contribution in [-0.2, 0) is 4.74 Å². The molecule has 0 spiro atoms. The van der Waals surface area contributed by atoms with E-state index in [4.69, 9.17) is 15.2 Å². The Balaban J connectivity index is 2.22. The SMILES string of the molecule is COc1cc(C)c(C(=O)C2CCC(CN)O2)cc1C. The van der Waals surface area contributed by atoms with Crippen LogP contribution in [0.25, 0.3) is 0 Å². The molecule has 19 heavy (non-hydrogen) atoms. The third kappa shape index (κ3) is 2.80. The number of ether oxygens (including phenoxy) is 2. The van der Waals surface area contributed by atoms with Gasteiger partial charge in [-0.3, -0.25) is 4.79 Å². The summed E-state index contributed by atoms with van der Waals surface area (Å²) in [6.45, 7) is 4.34. The molecule has 2 unspecified atom stereocenters. The lowest BCUT2D eigenvalue weighted by Gasteiger charge is -2.15. The van der Waals surface area contributed by atoms with Gasteiger partial charge < -0.3 is 15.2 Å². The number of hydrogen-bond donors (Lipinski definition) is 1. The van der Waals surface area contributed by atoms with E-state index in [-0.39, 0.29) is 18.0 Å². The Morgan fingerprint density at radius 2 is 2.11 bits per heavy atom. The van der Waals surface area contributed by atoms with Crippen molar-refractivity contribution in [2.75, 3.05) is 13.7 Å². The third-order valence-electron chi connectivity index (χ3n) is 3.67. The fourth-order valence-corrected chi connectivity index (χ4v) is 2.52. The van der Waals surface area contributed by atoms with Crippen LogP contribution in [0.2, 0.25) is 0 Å². The quantitative estimate of drug-likeness (QED) is 0.844. The highest BCUT2D eigenvalue weighted by molar-refractivity contribution is 6.01. The summed E-state index contributed by atoms with van der Waals surface area (Å²) in [5.74, 6) is 0.862. The summed E-state index contributed by atoms with van der Waals surface area (Å²) in [6.07, 6.45) is 1.29. The van der Waals surface area contributed by atoms with Crippen molar-refractivity contribution < 1.29 is 14.3 Å². The van der Waals surface area contributed by atoms with Gasteiger partial charge in [0.2, 0.25) is 0 Å². The second-order valence-corrected chi connectivity index (χ2v) is 5.06. The van der Waals surface area contributed by atoms with Crippen LogP contribution in [0.15, 0.2) is 12.1 Å². The summed E-state index contributed by atoms with van der Waals surface area (Å²) in [6, 6.07) is 3.79. The molecule has 0 amide bonds. The van der Waals surface area contributed by atoms with Crippen molar-refractivity contribution in [2.45, 2.75) is 38.9 Å². The van der Waals surface area contributed by atoms with Gasteiger partial charge in [-0.2, -0.15) is 0 Å². The highest BCUT2D eigenvalue weighted by atomic mass is 16.5. The Kier molecular flexibility index (Phi) is 4.22. The van der Waals surface area contributed by atoms with Crippen molar-refractivity contribution in [1.29, 1.82) is 0 Å². The number of carbonyl (C=O) groups excluding carboxylic acids is 1. The zero-order valence-electron chi connectivity index (χ0n) is 11.7. The van der Waals surface area contributed by atoms with E-state index >= 15 is 0 Å². The van der Waals surface area contributed by atoms with Gasteiger partial charge in [0.05, 0.1) is 13.2 Å². The monoisotopic (exact) mass is 263 g/mol. The van der Waals surface area contributed by atoms with E-state index in [2.05, 4.69) is 0 Å². The van der Waals surface area contributed by atoms with Crippen molar-refractivity contribution in [1.82, 2.24) is 0 Å². The summed E-state index contributed by atoms with van der Waals surface area (Å²) in [4.78, 5) is 12.5. The van der Waals surface area contributed by atoms with E-state index in [1.165, 1.54) is 0 Å². The van der Waals surface area contributed by atoms with Gasteiger partial charge in [-0.15, -0.1) is 0 Å². The molecule has 4 nitrogen and oxygen atoms in total. The minimum absolute atomic E-state index is 0.0219. The molecule has 0 radical (unpaired) electrons. The molecular weight excluding hydrogens is 242 g/mol. The van der Waals surface area contributed by atoms with Crippen LogP contribution in [0, 0.1) is 13.8 Å². The minimum Gasteiger partial charge on any atom is -0.496 e. The van der Waals surface area contributed by atoms with Gasteiger partial charge >= 0.3 is 0 Å². The van der Waals surface area contributed by atoms with Crippen molar-refractivity contribution in [3.63, 3.8) is 0 Å². The van der Waals surface area contributed by atoms with Crippen LogP contribution in [0.3, 0.4) is 0 Å². The Hall–Kier alpha value is -1.39. The van der Waals surface area contributed by atoms with Gasteiger partial charge in [0.25, 0.3) is 0 Å². The molecular formula is C15H21NO3. The zero-order chi connectivity index (χ0) is 14.0. The average Bonchev–Trinajstić information content (AvgIpc) is 2.89. The number of methoxy groups -OCH3 is 1. The molecule has 2 atom stereocenters. The Morgan fingerprint density at radius 1 is 1.37 bits per heavy atom. The van der Waals surface area contributed by atoms with Gasteiger partial charge in [-0.05, 0) is 49.9 Å². The zero-order valence-corrected chi connectivity index (χ0v) is 11.7. The number of Topliss-reactive ketones (excluding diaryl/α,β-unsaturated/α-hetero) is 1. The van der Waals surface area contributed by atoms with Gasteiger partial charge in [0, 0.05) is 12.1 Å². The molecule has 1 heterocycles. The molecule has 1 aromatic carbocycles. The molecule has 1 fully saturated rings. The van der Waals surface area contributed by atoms with Crippen LogP contribution in [0.5, 0.6) is 5.75 Å². The molecule has 0 aliphatic carbocycles. The summed E-state index contributed by atoms with van der Waals surface area (Å²) < 4.78 is 10.9. The van der Waals surface area contributed by atoms with E-state index in [0.717, 1.165) is 35.3 Å². The largest absolute Gasteiger partial charge is 0.496 e. The van der Waals surface area contributed by atoms with Crippen LogP contribution in [0.1, 0.15) is 34.3 Å². The van der Waals surface area contributed by atoms with E-state index < -0.39 is 0 Å². The number of ketones is 1. The predicted molar refractivity (Wildman–Crippen MR) is 73.7 cm³/mol. The lowest BCUT2D eigenvalue weighted by molar-refractivity contribution is 0.0403. The summed E-state index contributed by atoms with van der Waals surface area (Å²) in [7, 11) is 1.63. The second kappa shape index (κ2) is 5.72. The number of aryl methyl sites for hydroxylation is 2. The summed E-state index contributed by atoms with van der Waals surface area (Å²) in [5, 5.41) is 0. The highest BCUT2D eigenvalue weighted by Crippen LogP contribution is 2.27. The topological polar surface area (TPSA) is 61.5 Å². The van der Waals surface area contributed by atoms with Gasteiger partial charge in [-0.1, -0.05) is 0 Å². The minimum atomic E-state index is -0.347. The van der Waals surface area contributed by atoms with Gasteiger partial charge in [-0.25, -0.2) is 0 Å². The number of nitrogens with two attached hydrogens (primary N) is 1. The smallest absolute Gasteiger partial charge is 0.191 e. The molecule has 1 aliphatic heterocycles. The maximum absolute atomic E-state index is 12.5. The average molecular weight is 263 g/mol. The number of carbonyl (C=O) groups is 1. The lowest BCUT2D eigenvalue weighted by Crippen LogP contribution is -2.25. The Morgan fingerprint density at radius 3 is 2.68 bits per heavy atom. The normalized spacial score (nSPS) is 22.5. The fourth-order valence-electron chi connectivity index (χ4n) is 2.52. The standard InChI is InChI=1S/C15H21NO3/c1-9-7-14(18-3)10(2)6-12(9)15(17)13-5-4-11(8-16)19-13/h6-7,11,13H,4-5,8,16H2,1-3H3. The van der Waals surface area contributed by atoms with Crippen molar-refractivity contribution >= 4 is 5.78 Å². The molecule has 0 saturated carbocycles. The highest BCUT2D eigenvalue weighted by Gasteiger charge is 2.31. The van der Waals surface area contributed by atoms with Crippen molar-refractivity contribution in [2.24, 2.45) is 5.73 Å². The lowest BCUT2D eigenvalue weighted by atomic mass is 9.97. The van der Waals surface area contributed by atoms with Gasteiger partial charge in [0.15, 0.2) is 5.78 Å². The van der Waals surface area contributed by atoms with E-state index in [0.29, 0.717) is 6.54 Å². The van der Waals surface area contributed by atoms with Gasteiger partial charge in [0.1, 0.15) is 11.9 Å². The first-order valence-corrected chi connectivity index (χ1v) is 6.61. The first kappa shape index (κ1) is 14.0. The third-order valence-corrected chi connectivity index (χ3v) is 3.67. The second-order valence-electron chi connectivity index (χ2n) is 5.06. The molecule has 1 saturated heterocycles. The first-order valence-electron chi connectivity index (χ1n) is 6.61. The molecule has 1 aliphatic rings. The first-order chi connectivity index (χ1) is 9.06. The van der Waals surface area contributed by atoms with Crippen LogP contribution < -0.4 is 10.5 Å².